The van der Waals surface area contributed by atoms with Crippen LogP contribution < -0.4 is 4.90 Å². The van der Waals surface area contributed by atoms with Crippen LogP contribution in [0.3, 0.4) is 0 Å². The molecule has 4 rings (SSSR count). The van der Waals surface area contributed by atoms with Crippen LogP contribution in [0.1, 0.15) is 23.2 Å². The van der Waals surface area contributed by atoms with Gasteiger partial charge in [-0.2, -0.15) is 0 Å². The largest absolute Gasteiger partial charge is 0.459 e. The number of carbonyl (C=O) groups is 2. The van der Waals surface area contributed by atoms with Gasteiger partial charge in [-0.1, -0.05) is 11.8 Å². The molecule has 0 bridgehead atoms. The van der Waals surface area contributed by atoms with E-state index in [1.165, 1.54) is 18.0 Å². The molecule has 1 saturated heterocycles. The van der Waals surface area contributed by atoms with Crippen LogP contribution in [0, 0.1) is 0 Å². The molecule has 1 amide bonds. The summed E-state index contributed by atoms with van der Waals surface area (Å²) in [5.74, 6) is 1.03. The van der Waals surface area contributed by atoms with Gasteiger partial charge in [0.25, 0.3) is 11.1 Å². The zero-order valence-corrected chi connectivity index (χ0v) is 14.6. The molecule has 1 aliphatic rings. The van der Waals surface area contributed by atoms with Gasteiger partial charge in [0.1, 0.15) is 0 Å². The standard InChI is InChI=1S/C18H15N3O4S/c22-14(11-26-18-20-19-17(25-18)15-3-2-10-24-15)12-5-7-13(8-6-12)21-9-1-4-16(21)23/h2-3,5-8,10H,1,4,9,11H2. The summed E-state index contributed by atoms with van der Waals surface area (Å²) in [6.07, 6.45) is 2.98. The molecular weight excluding hydrogens is 354 g/mol. The van der Waals surface area contributed by atoms with Gasteiger partial charge in [0.15, 0.2) is 11.5 Å². The molecule has 8 heteroatoms. The van der Waals surface area contributed by atoms with Crippen molar-refractivity contribution in [3.8, 4) is 11.7 Å². The Kier molecular flexibility index (Phi) is 4.57. The summed E-state index contributed by atoms with van der Waals surface area (Å²) in [5.41, 5.74) is 1.41. The maximum Gasteiger partial charge on any atom is 0.284 e. The van der Waals surface area contributed by atoms with Crippen molar-refractivity contribution in [2.75, 3.05) is 17.2 Å². The predicted octanol–water partition coefficient (Wildman–Crippen LogP) is 3.43. The van der Waals surface area contributed by atoms with Crippen molar-refractivity contribution in [2.45, 2.75) is 18.1 Å². The van der Waals surface area contributed by atoms with E-state index >= 15 is 0 Å². The Bertz CT molecular complexity index is 918. The minimum Gasteiger partial charge on any atom is -0.459 e. The monoisotopic (exact) mass is 369 g/mol. The number of nitrogens with zero attached hydrogens (tertiary/aromatic N) is 3. The van der Waals surface area contributed by atoms with Crippen LogP contribution >= 0.6 is 11.8 Å². The Morgan fingerprint density at radius 3 is 2.73 bits per heavy atom. The summed E-state index contributed by atoms with van der Waals surface area (Å²) in [6, 6.07) is 10.6. The first-order valence-electron chi connectivity index (χ1n) is 8.14. The molecule has 132 valence electrons. The lowest BCUT2D eigenvalue weighted by molar-refractivity contribution is -0.117. The van der Waals surface area contributed by atoms with Crippen LogP contribution in [0.5, 0.6) is 0 Å². The fourth-order valence-electron chi connectivity index (χ4n) is 2.73. The normalized spacial score (nSPS) is 14.2. The van der Waals surface area contributed by atoms with Crippen molar-refractivity contribution >= 4 is 29.1 Å². The molecule has 0 aliphatic carbocycles. The third-order valence-corrected chi connectivity index (χ3v) is 4.86. The quantitative estimate of drug-likeness (QED) is 0.486. The van der Waals surface area contributed by atoms with Crippen LogP contribution in [0.4, 0.5) is 5.69 Å². The fourth-order valence-corrected chi connectivity index (χ4v) is 3.38. The highest BCUT2D eigenvalue weighted by Gasteiger charge is 2.21. The maximum atomic E-state index is 12.3. The number of anilines is 1. The van der Waals surface area contributed by atoms with Crippen LogP contribution in [0.15, 0.2) is 56.7 Å². The number of benzene rings is 1. The Hall–Kier alpha value is -2.87. The lowest BCUT2D eigenvalue weighted by atomic mass is 10.1. The molecule has 0 radical (unpaired) electrons. The van der Waals surface area contributed by atoms with E-state index in [0.29, 0.717) is 23.0 Å². The maximum absolute atomic E-state index is 12.3. The minimum absolute atomic E-state index is 0.0490. The minimum atomic E-state index is -0.0490. The number of furan rings is 1. The summed E-state index contributed by atoms with van der Waals surface area (Å²) in [7, 11) is 0. The molecular formula is C18H15N3O4S. The number of hydrogen-bond acceptors (Lipinski definition) is 7. The third kappa shape index (κ3) is 3.41. The van der Waals surface area contributed by atoms with Gasteiger partial charge >= 0.3 is 0 Å². The first-order chi connectivity index (χ1) is 12.7. The van der Waals surface area contributed by atoms with Crippen molar-refractivity contribution < 1.29 is 18.4 Å². The molecule has 3 aromatic rings. The van der Waals surface area contributed by atoms with Crippen LogP contribution in [-0.2, 0) is 4.79 Å². The van der Waals surface area contributed by atoms with E-state index in [0.717, 1.165) is 18.7 Å². The Morgan fingerprint density at radius 1 is 1.19 bits per heavy atom. The van der Waals surface area contributed by atoms with E-state index in [2.05, 4.69) is 10.2 Å². The smallest absolute Gasteiger partial charge is 0.284 e. The van der Waals surface area contributed by atoms with Gasteiger partial charge in [-0.3, -0.25) is 9.59 Å². The zero-order chi connectivity index (χ0) is 17.9. The lowest BCUT2D eigenvalue weighted by Crippen LogP contribution is -2.23. The zero-order valence-electron chi connectivity index (χ0n) is 13.8. The van der Waals surface area contributed by atoms with E-state index in [1.807, 2.05) is 12.1 Å². The van der Waals surface area contributed by atoms with Gasteiger partial charge in [0.2, 0.25) is 5.91 Å². The predicted molar refractivity (Wildman–Crippen MR) is 95.1 cm³/mol. The summed E-state index contributed by atoms with van der Waals surface area (Å²) in [5, 5.41) is 8.10. The second-order valence-corrected chi connectivity index (χ2v) is 6.68. The molecule has 1 aliphatic heterocycles. The Labute approximate surface area is 153 Å². The molecule has 2 aromatic heterocycles. The lowest BCUT2D eigenvalue weighted by Gasteiger charge is -2.15. The van der Waals surface area contributed by atoms with E-state index < -0.39 is 0 Å². The third-order valence-electron chi connectivity index (χ3n) is 4.04. The topological polar surface area (TPSA) is 89.4 Å². The van der Waals surface area contributed by atoms with E-state index in [9.17, 15) is 9.59 Å². The van der Waals surface area contributed by atoms with Crippen molar-refractivity contribution in [2.24, 2.45) is 0 Å². The van der Waals surface area contributed by atoms with E-state index in [4.69, 9.17) is 8.83 Å². The number of amides is 1. The molecule has 0 spiro atoms. The van der Waals surface area contributed by atoms with Gasteiger partial charge < -0.3 is 13.7 Å². The number of thioether (sulfide) groups is 1. The first kappa shape index (κ1) is 16.6. The van der Waals surface area contributed by atoms with Crippen molar-refractivity contribution in [3.63, 3.8) is 0 Å². The molecule has 3 heterocycles. The van der Waals surface area contributed by atoms with E-state index in [1.54, 1.807) is 29.2 Å². The van der Waals surface area contributed by atoms with Crippen molar-refractivity contribution in [1.82, 2.24) is 10.2 Å². The number of Topliss-reactive ketones (excluding diaryl/α,β-unsaturated/α-hetero) is 1. The molecule has 0 unspecified atom stereocenters. The number of rotatable bonds is 6. The number of ketones is 1. The van der Waals surface area contributed by atoms with Gasteiger partial charge in [0, 0.05) is 24.2 Å². The van der Waals surface area contributed by atoms with Gasteiger partial charge in [-0.15, -0.1) is 10.2 Å². The SMILES string of the molecule is O=C(CSc1nnc(-c2ccco2)o1)c1ccc(N2CCCC2=O)cc1. The fraction of sp³-hybridized carbons (Fsp3) is 0.222. The second kappa shape index (κ2) is 7.17. The number of aromatic nitrogens is 2. The van der Waals surface area contributed by atoms with E-state index in [-0.39, 0.29) is 23.3 Å². The van der Waals surface area contributed by atoms with Gasteiger partial charge in [-0.25, -0.2) is 0 Å². The van der Waals surface area contributed by atoms with Gasteiger partial charge in [0.05, 0.1) is 12.0 Å². The van der Waals surface area contributed by atoms with Crippen LogP contribution in [-0.4, -0.2) is 34.2 Å². The van der Waals surface area contributed by atoms with Gasteiger partial charge in [-0.05, 0) is 42.8 Å². The highest BCUT2D eigenvalue weighted by Crippen LogP contribution is 2.25. The summed E-state index contributed by atoms with van der Waals surface area (Å²) in [6.45, 7) is 0.733. The molecule has 1 aromatic carbocycles. The molecule has 0 saturated carbocycles. The van der Waals surface area contributed by atoms with Crippen LogP contribution in [0.2, 0.25) is 0 Å². The first-order valence-corrected chi connectivity index (χ1v) is 9.13. The second-order valence-electron chi connectivity index (χ2n) is 5.76. The molecule has 0 N–H and O–H groups in total. The summed E-state index contributed by atoms with van der Waals surface area (Å²) < 4.78 is 10.7. The molecule has 0 atom stereocenters. The summed E-state index contributed by atoms with van der Waals surface area (Å²) in [4.78, 5) is 25.9. The number of hydrogen-bond donors (Lipinski definition) is 0. The molecule has 26 heavy (non-hydrogen) atoms. The Balaban J connectivity index is 1.37. The Morgan fingerprint density at radius 2 is 2.04 bits per heavy atom. The van der Waals surface area contributed by atoms with Crippen molar-refractivity contribution in [3.05, 3.63) is 48.2 Å². The average Bonchev–Trinajstić information content (AvgIpc) is 3.41. The highest BCUT2D eigenvalue weighted by molar-refractivity contribution is 7.99. The molecule has 1 fully saturated rings. The summed E-state index contributed by atoms with van der Waals surface area (Å²) >= 11 is 1.18. The van der Waals surface area contributed by atoms with Crippen LogP contribution in [0.25, 0.3) is 11.7 Å². The molecule has 7 nitrogen and oxygen atoms in total. The highest BCUT2D eigenvalue weighted by atomic mass is 32.2. The average molecular weight is 369 g/mol. The van der Waals surface area contributed by atoms with Crippen molar-refractivity contribution in [1.29, 1.82) is 0 Å². The number of carbonyl (C=O) groups excluding carboxylic acids is 2.